The van der Waals surface area contributed by atoms with Gasteiger partial charge in [0.05, 0.1) is 0 Å². The maximum atomic E-state index is 14.5. The van der Waals surface area contributed by atoms with Crippen molar-refractivity contribution in [2.45, 2.75) is 69.8 Å². The summed E-state index contributed by atoms with van der Waals surface area (Å²) in [5.74, 6) is 0.320. The molecule has 0 saturated heterocycles. The molecule has 0 radical (unpaired) electrons. The normalized spacial score (nSPS) is 21.9. The Labute approximate surface area is 205 Å². The Hall–Kier alpha value is -3.41. The Morgan fingerprint density at radius 1 is 1.26 bits per heavy atom. The summed E-state index contributed by atoms with van der Waals surface area (Å²) < 4.78 is 21.4. The number of ether oxygens (including phenoxy) is 1. The minimum atomic E-state index is -1.27. The minimum absolute atomic E-state index is 0.0928. The van der Waals surface area contributed by atoms with Crippen molar-refractivity contribution in [2.75, 3.05) is 5.32 Å². The molecule has 2 aliphatic rings. The number of aromatic nitrogens is 5. The van der Waals surface area contributed by atoms with E-state index >= 15 is 0 Å². The van der Waals surface area contributed by atoms with Crippen LogP contribution in [-0.2, 0) is 4.74 Å². The zero-order chi connectivity index (χ0) is 24.7. The fourth-order valence-electron chi connectivity index (χ4n) is 4.10. The summed E-state index contributed by atoms with van der Waals surface area (Å²) >= 11 is 6.17. The number of nitrogens with zero attached hydrogens (tertiary/aromatic N) is 4. The van der Waals surface area contributed by atoms with Crippen molar-refractivity contribution in [2.24, 2.45) is 0 Å². The van der Waals surface area contributed by atoms with Crippen molar-refractivity contribution >= 4 is 41.0 Å². The SMILES string of the molecule is CC(C)NC(=O)O[C@H]1C[C@@H](c2cc(Nc3nc(Cl)cc4nc(C(=O)NC5CC5)cn34)n[nH]2)C[C@H]1F. The van der Waals surface area contributed by atoms with Crippen LogP contribution < -0.4 is 16.0 Å². The molecule has 0 aliphatic heterocycles. The second-order valence-electron chi connectivity index (χ2n) is 9.27. The quantitative estimate of drug-likeness (QED) is 0.361. The first-order valence-corrected chi connectivity index (χ1v) is 11.9. The zero-order valence-electron chi connectivity index (χ0n) is 19.2. The van der Waals surface area contributed by atoms with Gasteiger partial charge in [0.15, 0.2) is 5.82 Å². The van der Waals surface area contributed by atoms with Crippen LogP contribution in [0.2, 0.25) is 5.15 Å². The molecule has 2 aliphatic carbocycles. The predicted octanol–water partition coefficient (Wildman–Crippen LogP) is 3.46. The van der Waals surface area contributed by atoms with Crippen molar-refractivity contribution in [3.63, 3.8) is 0 Å². The Kier molecular flexibility index (Phi) is 6.22. The summed E-state index contributed by atoms with van der Waals surface area (Å²) in [6, 6.07) is 3.43. The summed E-state index contributed by atoms with van der Waals surface area (Å²) in [5.41, 5.74) is 1.43. The highest BCUT2D eigenvalue weighted by Gasteiger charge is 2.39. The van der Waals surface area contributed by atoms with Crippen LogP contribution in [-0.4, -0.2) is 60.9 Å². The second kappa shape index (κ2) is 9.33. The van der Waals surface area contributed by atoms with E-state index in [1.165, 1.54) is 0 Å². The van der Waals surface area contributed by atoms with Crippen LogP contribution in [0.15, 0.2) is 18.3 Å². The molecule has 2 fully saturated rings. The van der Waals surface area contributed by atoms with Gasteiger partial charge in [-0.3, -0.25) is 14.3 Å². The molecule has 186 valence electrons. The second-order valence-corrected chi connectivity index (χ2v) is 9.65. The van der Waals surface area contributed by atoms with Gasteiger partial charge in [0.2, 0.25) is 5.95 Å². The highest BCUT2D eigenvalue weighted by Crippen LogP contribution is 2.38. The van der Waals surface area contributed by atoms with Crippen molar-refractivity contribution in [3.05, 3.63) is 34.9 Å². The van der Waals surface area contributed by atoms with E-state index in [1.807, 2.05) is 0 Å². The number of amides is 2. The average Bonchev–Trinajstić information content (AvgIpc) is 3.16. The van der Waals surface area contributed by atoms with Gasteiger partial charge in [-0.05, 0) is 39.5 Å². The van der Waals surface area contributed by atoms with Gasteiger partial charge in [0, 0.05) is 42.0 Å². The van der Waals surface area contributed by atoms with Gasteiger partial charge in [-0.15, -0.1) is 0 Å². The molecule has 13 heteroatoms. The van der Waals surface area contributed by atoms with E-state index in [1.54, 1.807) is 36.6 Å². The van der Waals surface area contributed by atoms with E-state index in [0.717, 1.165) is 12.8 Å². The summed E-state index contributed by atoms with van der Waals surface area (Å²) in [7, 11) is 0. The monoisotopic (exact) mass is 504 g/mol. The first kappa shape index (κ1) is 23.3. The Morgan fingerprint density at radius 3 is 2.80 bits per heavy atom. The van der Waals surface area contributed by atoms with Crippen LogP contribution in [0.1, 0.15) is 61.6 Å². The first-order valence-electron chi connectivity index (χ1n) is 11.5. The van der Waals surface area contributed by atoms with Gasteiger partial charge in [-0.25, -0.2) is 19.2 Å². The largest absolute Gasteiger partial charge is 0.443 e. The van der Waals surface area contributed by atoms with Gasteiger partial charge in [-0.2, -0.15) is 5.10 Å². The number of carbonyl (C=O) groups is 2. The molecular weight excluding hydrogens is 479 g/mol. The third-order valence-electron chi connectivity index (χ3n) is 5.94. The molecule has 0 spiro atoms. The fourth-order valence-corrected chi connectivity index (χ4v) is 4.28. The maximum Gasteiger partial charge on any atom is 0.407 e. The van der Waals surface area contributed by atoms with Crippen molar-refractivity contribution in [1.29, 1.82) is 0 Å². The third-order valence-corrected chi connectivity index (χ3v) is 6.13. The summed E-state index contributed by atoms with van der Waals surface area (Å²) in [6.45, 7) is 3.61. The molecule has 4 N–H and O–H groups in total. The van der Waals surface area contributed by atoms with Crippen molar-refractivity contribution in [1.82, 2.24) is 35.2 Å². The van der Waals surface area contributed by atoms with Crippen LogP contribution in [0, 0.1) is 0 Å². The highest BCUT2D eigenvalue weighted by molar-refractivity contribution is 6.29. The molecule has 35 heavy (non-hydrogen) atoms. The van der Waals surface area contributed by atoms with Crippen LogP contribution in [0.25, 0.3) is 5.65 Å². The van der Waals surface area contributed by atoms with Gasteiger partial charge < -0.3 is 20.7 Å². The van der Waals surface area contributed by atoms with E-state index in [2.05, 4.69) is 36.1 Å². The zero-order valence-corrected chi connectivity index (χ0v) is 20.0. The van der Waals surface area contributed by atoms with E-state index in [-0.39, 0.29) is 41.2 Å². The van der Waals surface area contributed by atoms with Crippen LogP contribution in [0.3, 0.4) is 0 Å². The fraction of sp³-hybridized carbons (Fsp3) is 0.500. The number of hydrogen-bond acceptors (Lipinski definition) is 7. The minimum Gasteiger partial charge on any atom is -0.443 e. The number of alkyl carbamates (subject to hydrolysis) is 1. The number of carbonyl (C=O) groups excluding carboxylic acids is 2. The standard InChI is InChI=1S/C22H26ClFN8O3/c1-10(2)25-22(34)35-16-6-11(5-13(16)24)14-7-18(31-30-14)29-21-28-17(23)8-19-27-15(9-32(19)21)20(33)26-12-3-4-12/h7-13,16H,3-6H2,1-2H3,(H,25,34)(H,26,33)(H2,28,29,30,31)/t11-,13+,16-/m0/s1. The molecule has 3 heterocycles. The number of alkyl halides is 1. The topological polar surface area (TPSA) is 138 Å². The Morgan fingerprint density at radius 2 is 2.06 bits per heavy atom. The molecule has 11 nitrogen and oxygen atoms in total. The van der Waals surface area contributed by atoms with Gasteiger partial charge in [0.1, 0.15) is 28.8 Å². The van der Waals surface area contributed by atoms with E-state index in [0.29, 0.717) is 29.5 Å². The van der Waals surface area contributed by atoms with Crippen molar-refractivity contribution in [3.8, 4) is 0 Å². The average molecular weight is 505 g/mol. The summed E-state index contributed by atoms with van der Waals surface area (Å²) in [4.78, 5) is 32.9. The van der Waals surface area contributed by atoms with E-state index in [9.17, 15) is 14.0 Å². The van der Waals surface area contributed by atoms with Crippen molar-refractivity contribution < 1.29 is 18.7 Å². The number of H-pyrrole nitrogens is 1. The number of aromatic amines is 1. The summed E-state index contributed by atoms with van der Waals surface area (Å²) in [5, 5.41) is 16.0. The van der Waals surface area contributed by atoms with E-state index in [4.69, 9.17) is 16.3 Å². The molecule has 2 saturated carbocycles. The number of halogens is 2. The predicted molar refractivity (Wildman–Crippen MR) is 126 cm³/mol. The van der Waals surface area contributed by atoms with Crippen LogP contribution in [0.5, 0.6) is 0 Å². The van der Waals surface area contributed by atoms with Crippen LogP contribution in [0.4, 0.5) is 21.0 Å². The molecule has 3 aromatic heterocycles. The molecular formula is C22H26ClFN8O3. The third kappa shape index (κ3) is 5.31. The molecule has 3 aromatic rings. The summed E-state index contributed by atoms with van der Waals surface area (Å²) in [6.07, 6.45) is 1.38. The van der Waals surface area contributed by atoms with E-state index < -0.39 is 18.4 Å². The lowest BCUT2D eigenvalue weighted by molar-refractivity contribution is 0.0593. The number of imidazole rings is 1. The lowest BCUT2D eigenvalue weighted by Gasteiger charge is -2.16. The van der Waals surface area contributed by atoms with Gasteiger partial charge in [-0.1, -0.05) is 11.6 Å². The molecule has 0 unspecified atom stereocenters. The molecule has 0 aromatic carbocycles. The smallest absolute Gasteiger partial charge is 0.407 e. The van der Waals surface area contributed by atoms with Gasteiger partial charge >= 0.3 is 6.09 Å². The number of anilines is 2. The number of rotatable bonds is 7. The Bertz CT molecular complexity index is 1260. The molecule has 0 bridgehead atoms. The van der Waals surface area contributed by atoms with Gasteiger partial charge in [0.25, 0.3) is 5.91 Å². The highest BCUT2D eigenvalue weighted by atomic mass is 35.5. The molecule has 2 amide bonds. The number of nitrogens with one attached hydrogen (secondary N) is 4. The Balaban J connectivity index is 1.29. The lowest BCUT2D eigenvalue weighted by Crippen LogP contribution is -2.35. The van der Waals surface area contributed by atoms with Crippen LogP contribution >= 0.6 is 11.6 Å². The lowest BCUT2D eigenvalue weighted by atomic mass is 10.0. The number of hydrogen-bond donors (Lipinski definition) is 4. The first-order chi connectivity index (χ1) is 16.7. The molecule has 5 rings (SSSR count). The maximum absolute atomic E-state index is 14.5. The number of fused-ring (bicyclic) bond motifs is 1. The molecule has 3 atom stereocenters.